The third-order valence-electron chi connectivity index (χ3n) is 4.38. The number of H-pyrrole nitrogens is 1. The zero-order chi connectivity index (χ0) is 17.5. The van der Waals surface area contributed by atoms with Gasteiger partial charge in [-0.3, -0.25) is 14.3 Å². The summed E-state index contributed by atoms with van der Waals surface area (Å²) >= 11 is 0. The minimum absolute atomic E-state index is 0.400. The van der Waals surface area contributed by atoms with Crippen LogP contribution in [-0.2, 0) is 10.3 Å². The van der Waals surface area contributed by atoms with Crippen LogP contribution in [0.4, 0.5) is 0 Å². The van der Waals surface area contributed by atoms with Crippen molar-refractivity contribution in [1.82, 2.24) is 9.55 Å². The summed E-state index contributed by atoms with van der Waals surface area (Å²) in [5.74, 6) is 0. The standard InChI is InChI=1S/C16H18N2O6/c1-9-4-2-3-5-10(9)16(23)11(8-19)24-14(13(16)21)18-7-6-12(20)17-15(18)22/h2-7,11,13-14,19,21,23H,8H2,1H3,(H,17,20,22)/t11-,13+,14-,16-/m1/s1. The van der Waals surface area contributed by atoms with Crippen LogP contribution in [0.2, 0.25) is 0 Å². The lowest BCUT2D eigenvalue weighted by atomic mass is 9.82. The molecule has 1 aliphatic rings. The number of nitrogens with zero attached hydrogens (tertiary/aromatic N) is 1. The highest BCUT2D eigenvalue weighted by Crippen LogP contribution is 2.44. The molecule has 1 fully saturated rings. The molecule has 0 unspecified atom stereocenters. The molecule has 8 heteroatoms. The first kappa shape index (κ1) is 16.6. The van der Waals surface area contributed by atoms with Gasteiger partial charge in [0, 0.05) is 12.3 Å². The predicted molar refractivity (Wildman–Crippen MR) is 83.4 cm³/mol. The van der Waals surface area contributed by atoms with Gasteiger partial charge in [-0.2, -0.15) is 0 Å². The maximum absolute atomic E-state index is 12.0. The lowest BCUT2D eigenvalue weighted by molar-refractivity contribution is -0.0986. The first-order valence-corrected chi connectivity index (χ1v) is 7.44. The molecule has 128 valence electrons. The van der Waals surface area contributed by atoms with Gasteiger partial charge in [-0.1, -0.05) is 24.3 Å². The summed E-state index contributed by atoms with van der Waals surface area (Å²) in [6.07, 6.45) is -2.75. The number of hydrogen-bond acceptors (Lipinski definition) is 6. The molecule has 0 bridgehead atoms. The van der Waals surface area contributed by atoms with Crippen LogP contribution < -0.4 is 11.2 Å². The van der Waals surface area contributed by atoms with Gasteiger partial charge in [0.2, 0.25) is 0 Å². The molecule has 0 saturated carbocycles. The normalized spacial score (nSPS) is 29.8. The zero-order valence-electron chi connectivity index (χ0n) is 12.9. The summed E-state index contributed by atoms with van der Waals surface area (Å²) in [7, 11) is 0. The Morgan fingerprint density at radius 3 is 2.62 bits per heavy atom. The minimum Gasteiger partial charge on any atom is -0.394 e. The van der Waals surface area contributed by atoms with Crippen LogP contribution in [0, 0.1) is 6.92 Å². The van der Waals surface area contributed by atoms with Gasteiger partial charge in [0.25, 0.3) is 5.56 Å². The summed E-state index contributed by atoms with van der Waals surface area (Å²) in [6.45, 7) is 1.20. The van der Waals surface area contributed by atoms with E-state index in [1.165, 1.54) is 6.20 Å². The molecule has 0 radical (unpaired) electrons. The maximum atomic E-state index is 12.0. The fourth-order valence-corrected chi connectivity index (χ4v) is 3.14. The summed E-state index contributed by atoms with van der Waals surface area (Å²) in [5, 5.41) is 31.4. The Kier molecular flexibility index (Phi) is 4.14. The van der Waals surface area contributed by atoms with Crippen molar-refractivity contribution in [3.8, 4) is 0 Å². The number of rotatable bonds is 3. The number of aromatic amines is 1. The summed E-state index contributed by atoms with van der Waals surface area (Å²) in [4.78, 5) is 25.2. The third kappa shape index (κ3) is 2.40. The maximum Gasteiger partial charge on any atom is 0.330 e. The second-order valence-electron chi connectivity index (χ2n) is 5.80. The van der Waals surface area contributed by atoms with Crippen LogP contribution in [0.15, 0.2) is 46.1 Å². The average molecular weight is 334 g/mol. The van der Waals surface area contributed by atoms with Gasteiger partial charge in [-0.15, -0.1) is 0 Å². The molecule has 4 N–H and O–H groups in total. The number of aliphatic hydroxyl groups is 3. The van der Waals surface area contributed by atoms with Gasteiger partial charge in [0.15, 0.2) is 6.23 Å². The van der Waals surface area contributed by atoms with Crippen molar-refractivity contribution >= 4 is 0 Å². The topological polar surface area (TPSA) is 125 Å². The first-order chi connectivity index (χ1) is 11.4. The highest BCUT2D eigenvalue weighted by atomic mass is 16.6. The Labute approximate surface area is 136 Å². The van der Waals surface area contributed by atoms with Crippen LogP contribution in [0.25, 0.3) is 0 Å². The molecule has 0 amide bonds. The Bertz CT molecular complexity index is 860. The summed E-state index contributed by atoms with van der Waals surface area (Å²) in [5.41, 5.74) is -2.17. The van der Waals surface area contributed by atoms with Crippen molar-refractivity contribution in [2.24, 2.45) is 0 Å². The second-order valence-corrected chi connectivity index (χ2v) is 5.80. The van der Waals surface area contributed by atoms with E-state index >= 15 is 0 Å². The third-order valence-corrected chi connectivity index (χ3v) is 4.38. The van der Waals surface area contributed by atoms with Crippen molar-refractivity contribution in [2.75, 3.05) is 6.61 Å². The Balaban J connectivity index is 2.11. The smallest absolute Gasteiger partial charge is 0.330 e. The van der Waals surface area contributed by atoms with E-state index in [9.17, 15) is 24.9 Å². The number of aliphatic hydroxyl groups excluding tert-OH is 2. The van der Waals surface area contributed by atoms with E-state index in [1.807, 2.05) is 0 Å². The predicted octanol–water partition coefficient (Wildman–Crippen LogP) is -1.02. The number of benzene rings is 1. The first-order valence-electron chi connectivity index (χ1n) is 7.44. The molecule has 1 aromatic heterocycles. The number of aryl methyl sites for hydroxylation is 1. The molecule has 1 aromatic carbocycles. The second kappa shape index (κ2) is 5.99. The molecular weight excluding hydrogens is 316 g/mol. The summed E-state index contributed by atoms with van der Waals surface area (Å²) < 4.78 is 6.52. The number of hydrogen-bond donors (Lipinski definition) is 4. The van der Waals surface area contributed by atoms with Gasteiger partial charge in [0.1, 0.15) is 17.8 Å². The van der Waals surface area contributed by atoms with E-state index < -0.39 is 41.9 Å². The van der Waals surface area contributed by atoms with Crippen LogP contribution >= 0.6 is 0 Å². The van der Waals surface area contributed by atoms with Gasteiger partial charge in [-0.05, 0) is 18.1 Å². The zero-order valence-corrected chi connectivity index (χ0v) is 12.9. The molecule has 1 aliphatic heterocycles. The average Bonchev–Trinajstić information content (AvgIpc) is 2.80. The molecule has 2 aromatic rings. The lowest BCUT2D eigenvalue weighted by Crippen LogP contribution is -2.47. The van der Waals surface area contributed by atoms with E-state index in [0.717, 1.165) is 10.6 Å². The van der Waals surface area contributed by atoms with Crippen molar-refractivity contribution in [1.29, 1.82) is 0 Å². The molecule has 3 rings (SSSR count). The van der Waals surface area contributed by atoms with Gasteiger partial charge < -0.3 is 20.1 Å². The van der Waals surface area contributed by atoms with E-state index in [1.54, 1.807) is 31.2 Å². The largest absolute Gasteiger partial charge is 0.394 e. The quantitative estimate of drug-likeness (QED) is 0.570. The van der Waals surface area contributed by atoms with Crippen molar-refractivity contribution < 1.29 is 20.1 Å². The van der Waals surface area contributed by atoms with Gasteiger partial charge in [0.05, 0.1) is 6.61 Å². The number of ether oxygens (including phenoxy) is 1. The number of nitrogens with one attached hydrogen (secondary N) is 1. The van der Waals surface area contributed by atoms with E-state index in [0.29, 0.717) is 11.1 Å². The van der Waals surface area contributed by atoms with Crippen LogP contribution in [0.5, 0.6) is 0 Å². The van der Waals surface area contributed by atoms with Gasteiger partial charge in [-0.25, -0.2) is 4.79 Å². The fraction of sp³-hybridized carbons (Fsp3) is 0.375. The Hall–Kier alpha value is -2.26. The minimum atomic E-state index is -1.90. The SMILES string of the molecule is Cc1ccccc1[C@@]1(O)[C@@H](CO)O[C@@H](n2ccc(=O)[nH]c2=O)[C@@H]1O. The molecule has 0 spiro atoms. The van der Waals surface area contributed by atoms with Crippen LogP contribution in [0.3, 0.4) is 0 Å². The molecule has 4 atom stereocenters. The Morgan fingerprint density at radius 1 is 1.29 bits per heavy atom. The van der Waals surface area contributed by atoms with Crippen molar-refractivity contribution in [2.45, 2.75) is 31.0 Å². The van der Waals surface area contributed by atoms with Crippen molar-refractivity contribution in [3.63, 3.8) is 0 Å². The van der Waals surface area contributed by atoms with Gasteiger partial charge >= 0.3 is 5.69 Å². The van der Waals surface area contributed by atoms with E-state index in [4.69, 9.17) is 4.74 Å². The van der Waals surface area contributed by atoms with E-state index in [-0.39, 0.29) is 0 Å². The van der Waals surface area contributed by atoms with Crippen LogP contribution in [0.1, 0.15) is 17.4 Å². The molecule has 8 nitrogen and oxygen atoms in total. The van der Waals surface area contributed by atoms with Crippen LogP contribution in [-0.4, -0.2) is 43.7 Å². The molecule has 2 heterocycles. The molecule has 0 aliphatic carbocycles. The monoisotopic (exact) mass is 334 g/mol. The highest BCUT2D eigenvalue weighted by molar-refractivity contribution is 5.35. The molecule has 24 heavy (non-hydrogen) atoms. The molecular formula is C16H18N2O6. The lowest BCUT2D eigenvalue weighted by Gasteiger charge is -2.32. The highest BCUT2D eigenvalue weighted by Gasteiger charge is 2.57. The Morgan fingerprint density at radius 2 is 2.00 bits per heavy atom. The molecule has 1 saturated heterocycles. The fourth-order valence-electron chi connectivity index (χ4n) is 3.14. The van der Waals surface area contributed by atoms with Crippen molar-refractivity contribution in [3.05, 3.63) is 68.5 Å². The van der Waals surface area contributed by atoms with E-state index in [2.05, 4.69) is 4.98 Å². The number of aromatic nitrogens is 2. The summed E-state index contributed by atoms with van der Waals surface area (Å²) in [6, 6.07) is 7.97.